The molecule has 0 aliphatic rings. The Hall–Kier alpha value is -0.870. The molecule has 1 atom stereocenters. The highest BCUT2D eigenvalue weighted by Crippen LogP contribution is 2.02. The van der Waals surface area contributed by atoms with Crippen LogP contribution in [0.25, 0.3) is 0 Å². The third-order valence-corrected chi connectivity index (χ3v) is 2.26. The summed E-state index contributed by atoms with van der Waals surface area (Å²) in [4.78, 5) is 0. The van der Waals surface area contributed by atoms with Crippen LogP contribution in [0.3, 0.4) is 0 Å². The standard InChI is InChI=1S/C11H21N3O/c1-4-12-11(9-15-5-2)6-10-7-13-14(3)8-10/h7-8,11-12H,4-6,9H2,1-3H3. The molecule has 0 aliphatic carbocycles. The van der Waals surface area contributed by atoms with Gasteiger partial charge in [0.2, 0.25) is 0 Å². The van der Waals surface area contributed by atoms with E-state index in [1.807, 2.05) is 24.9 Å². The fourth-order valence-electron chi connectivity index (χ4n) is 1.60. The topological polar surface area (TPSA) is 39.1 Å². The summed E-state index contributed by atoms with van der Waals surface area (Å²) in [6, 6.07) is 0.388. The molecule has 15 heavy (non-hydrogen) atoms. The average Bonchev–Trinajstić information content (AvgIpc) is 2.61. The van der Waals surface area contributed by atoms with Crippen molar-refractivity contribution in [1.29, 1.82) is 0 Å². The molecule has 86 valence electrons. The lowest BCUT2D eigenvalue weighted by molar-refractivity contribution is 0.123. The Kier molecular flexibility index (Phi) is 5.36. The molecule has 0 aromatic carbocycles. The van der Waals surface area contributed by atoms with Gasteiger partial charge in [0, 0.05) is 25.9 Å². The average molecular weight is 211 g/mol. The Morgan fingerprint density at radius 2 is 2.33 bits per heavy atom. The van der Waals surface area contributed by atoms with E-state index in [4.69, 9.17) is 4.74 Å². The fraction of sp³-hybridized carbons (Fsp3) is 0.727. The van der Waals surface area contributed by atoms with Crippen LogP contribution >= 0.6 is 0 Å². The van der Waals surface area contributed by atoms with Crippen molar-refractivity contribution in [2.75, 3.05) is 19.8 Å². The van der Waals surface area contributed by atoms with Crippen LogP contribution < -0.4 is 5.32 Å². The third-order valence-electron chi connectivity index (χ3n) is 2.26. The molecule has 1 aromatic rings. The lowest BCUT2D eigenvalue weighted by Crippen LogP contribution is -2.35. The smallest absolute Gasteiger partial charge is 0.0622 e. The monoisotopic (exact) mass is 211 g/mol. The van der Waals surface area contributed by atoms with E-state index in [0.717, 1.165) is 26.2 Å². The Labute approximate surface area is 91.6 Å². The summed E-state index contributed by atoms with van der Waals surface area (Å²) in [5, 5.41) is 7.57. The van der Waals surface area contributed by atoms with Crippen molar-refractivity contribution in [2.24, 2.45) is 7.05 Å². The number of rotatable bonds is 7. The lowest BCUT2D eigenvalue weighted by Gasteiger charge is -2.16. The SMILES string of the molecule is CCNC(COCC)Cc1cnn(C)c1. The number of hydrogen-bond donors (Lipinski definition) is 1. The third kappa shape index (κ3) is 4.44. The van der Waals surface area contributed by atoms with Gasteiger partial charge < -0.3 is 10.1 Å². The van der Waals surface area contributed by atoms with Gasteiger partial charge in [-0.25, -0.2) is 0 Å². The molecular formula is C11H21N3O. The van der Waals surface area contributed by atoms with Gasteiger partial charge in [-0.3, -0.25) is 4.68 Å². The van der Waals surface area contributed by atoms with Gasteiger partial charge in [0.1, 0.15) is 0 Å². The van der Waals surface area contributed by atoms with Gasteiger partial charge in [-0.2, -0.15) is 5.10 Å². The Morgan fingerprint density at radius 3 is 2.87 bits per heavy atom. The van der Waals surface area contributed by atoms with E-state index >= 15 is 0 Å². The molecule has 1 unspecified atom stereocenters. The number of hydrogen-bond acceptors (Lipinski definition) is 3. The first kappa shape index (κ1) is 12.2. The van der Waals surface area contributed by atoms with Gasteiger partial charge in [-0.1, -0.05) is 6.92 Å². The summed E-state index contributed by atoms with van der Waals surface area (Å²) < 4.78 is 7.27. The number of aromatic nitrogens is 2. The van der Waals surface area contributed by atoms with Gasteiger partial charge in [0.25, 0.3) is 0 Å². The van der Waals surface area contributed by atoms with Crippen LogP contribution in [0.15, 0.2) is 12.4 Å². The van der Waals surface area contributed by atoms with E-state index < -0.39 is 0 Å². The maximum atomic E-state index is 5.44. The Morgan fingerprint density at radius 1 is 1.53 bits per heavy atom. The minimum atomic E-state index is 0.388. The molecular weight excluding hydrogens is 190 g/mol. The van der Waals surface area contributed by atoms with E-state index in [2.05, 4.69) is 23.5 Å². The molecule has 0 spiro atoms. The highest BCUT2D eigenvalue weighted by molar-refractivity contribution is 5.05. The van der Waals surface area contributed by atoms with Crippen molar-refractivity contribution in [3.8, 4) is 0 Å². The minimum Gasteiger partial charge on any atom is -0.380 e. The van der Waals surface area contributed by atoms with Crippen LogP contribution in [0, 0.1) is 0 Å². The number of likely N-dealkylation sites (N-methyl/N-ethyl adjacent to an activating group) is 1. The van der Waals surface area contributed by atoms with Crippen LogP contribution in [-0.4, -0.2) is 35.6 Å². The van der Waals surface area contributed by atoms with Crippen molar-refractivity contribution in [3.05, 3.63) is 18.0 Å². The zero-order valence-electron chi connectivity index (χ0n) is 9.86. The molecule has 4 nitrogen and oxygen atoms in total. The van der Waals surface area contributed by atoms with Crippen LogP contribution in [0.4, 0.5) is 0 Å². The zero-order valence-corrected chi connectivity index (χ0v) is 9.86. The molecule has 0 aliphatic heterocycles. The maximum Gasteiger partial charge on any atom is 0.0622 e. The summed E-state index contributed by atoms with van der Waals surface area (Å²) in [7, 11) is 1.94. The summed E-state index contributed by atoms with van der Waals surface area (Å²) in [6.45, 7) is 6.64. The van der Waals surface area contributed by atoms with Crippen molar-refractivity contribution in [3.63, 3.8) is 0 Å². The molecule has 1 aromatic heterocycles. The number of nitrogens with one attached hydrogen (secondary N) is 1. The second-order valence-corrected chi connectivity index (χ2v) is 3.64. The quantitative estimate of drug-likeness (QED) is 0.730. The molecule has 0 saturated heterocycles. The molecule has 4 heteroatoms. The molecule has 0 saturated carbocycles. The Balaban J connectivity index is 2.42. The van der Waals surface area contributed by atoms with Crippen LogP contribution in [0.5, 0.6) is 0 Å². The number of nitrogens with zero attached hydrogens (tertiary/aromatic N) is 2. The van der Waals surface area contributed by atoms with Crippen LogP contribution in [0.1, 0.15) is 19.4 Å². The maximum absolute atomic E-state index is 5.44. The van der Waals surface area contributed by atoms with Gasteiger partial charge in [-0.05, 0) is 25.5 Å². The molecule has 0 fully saturated rings. The fourth-order valence-corrected chi connectivity index (χ4v) is 1.60. The molecule has 0 radical (unpaired) electrons. The number of ether oxygens (including phenoxy) is 1. The molecule has 1 heterocycles. The largest absolute Gasteiger partial charge is 0.380 e. The van der Waals surface area contributed by atoms with E-state index in [0.29, 0.717) is 6.04 Å². The van der Waals surface area contributed by atoms with E-state index in [1.54, 1.807) is 0 Å². The van der Waals surface area contributed by atoms with Gasteiger partial charge in [0.15, 0.2) is 0 Å². The summed E-state index contributed by atoms with van der Waals surface area (Å²) in [5.74, 6) is 0. The lowest BCUT2D eigenvalue weighted by atomic mass is 10.1. The highest BCUT2D eigenvalue weighted by Gasteiger charge is 2.09. The van der Waals surface area contributed by atoms with Gasteiger partial charge in [-0.15, -0.1) is 0 Å². The minimum absolute atomic E-state index is 0.388. The first-order valence-corrected chi connectivity index (χ1v) is 5.54. The number of aryl methyl sites for hydroxylation is 1. The predicted molar refractivity (Wildman–Crippen MR) is 60.9 cm³/mol. The van der Waals surface area contributed by atoms with Crippen molar-refractivity contribution in [1.82, 2.24) is 15.1 Å². The molecule has 1 N–H and O–H groups in total. The van der Waals surface area contributed by atoms with Crippen molar-refractivity contribution >= 4 is 0 Å². The molecule has 0 amide bonds. The van der Waals surface area contributed by atoms with Gasteiger partial charge in [0.05, 0.1) is 12.8 Å². The van der Waals surface area contributed by atoms with Crippen molar-refractivity contribution < 1.29 is 4.74 Å². The van der Waals surface area contributed by atoms with Crippen LogP contribution in [0.2, 0.25) is 0 Å². The zero-order chi connectivity index (χ0) is 11.1. The predicted octanol–water partition coefficient (Wildman–Crippen LogP) is 0.977. The van der Waals surface area contributed by atoms with E-state index in [-0.39, 0.29) is 0 Å². The second kappa shape index (κ2) is 6.58. The molecule has 1 rings (SSSR count). The van der Waals surface area contributed by atoms with Crippen LogP contribution in [-0.2, 0) is 18.2 Å². The van der Waals surface area contributed by atoms with E-state index in [1.165, 1.54) is 5.56 Å². The van der Waals surface area contributed by atoms with Crippen molar-refractivity contribution in [2.45, 2.75) is 26.3 Å². The second-order valence-electron chi connectivity index (χ2n) is 3.64. The first-order valence-electron chi connectivity index (χ1n) is 5.54. The summed E-state index contributed by atoms with van der Waals surface area (Å²) in [6.07, 6.45) is 4.94. The van der Waals surface area contributed by atoms with Gasteiger partial charge >= 0.3 is 0 Å². The van der Waals surface area contributed by atoms with E-state index in [9.17, 15) is 0 Å². The summed E-state index contributed by atoms with van der Waals surface area (Å²) in [5.41, 5.74) is 1.25. The molecule has 0 bridgehead atoms. The normalized spacial score (nSPS) is 13.0. The highest BCUT2D eigenvalue weighted by atomic mass is 16.5. The summed E-state index contributed by atoms with van der Waals surface area (Å²) >= 11 is 0. The Bertz CT molecular complexity index is 273. The first-order chi connectivity index (χ1) is 7.26.